The molecule has 1 N–H and O–H groups in total. The van der Waals surface area contributed by atoms with Gasteiger partial charge in [0.25, 0.3) is 0 Å². The summed E-state index contributed by atoms with van der Waals surface area (Å²) in [5, 5.41) is 3.81. The number of hydrogen-bond donors (Lipinski definition) is 1. The fourth-order valence-corrected chi connectivity index (χ4v) is 3.86. The van der Waals surface area contributed by atoms with Crippen LogP contribution in [-0.4, -0.2) is 36.6 Å². The number of likely N-dealkylation sites (tertiary alicyclic amines) is 1. The summed E-state index contributed by atoms with van der Waals surface area (Å²) < 4.78 is 0. The SMILES string of the molecule is CCCC1CCN(C(C)CNC2CCCCC2)CC1. The van der Waals surface area contributed by atoms with E-state index in [0.717, 1.165) is 18.0 Å². The molecule has 0 spiro atoms. The van der Waals surface area contributed by atoms with Crippen LogP contribution in [0.25, 0.3) is 0 Å². The zero-order chi connectivity index (χ0) is 13.5. The van der Waals surface area contributed by atoms with Crippen molar-refractivity contribution in [2.24, 2.45) is 5.92 Å². The van der Waals surface area contributed by atoms with Gasteiger partial charge in [0.15, 0.2) is 0 Å². The van der Waals surface area contributed by atoms with Gasteiger partial charge in [-0.25, -0.2) is 0 Å². The molecule has 0 bridgehead atoms. The van der Waals surface area contributed by atoms with Crippen LogP contribution in [0.15, 0.2) is 0 Å². The molecule has 0 aromatic heterocycles. The molecule has 1 saturated carbocycles. The molecule has 2 fully saturated rings. The van der Waals surface area contributed by atoms with Gasteiger partial charge in [0.1, 0.15) is 0 Å². The molecule has 19 heavy (non-hydrogen) atoms. The standard InChI is InChI=1S/C17H34N2/c1-3-7-16-10-12-19(13-11-16)15(2)14-18-17-8-5-4-6-9-17/h15-18H,3-14H2,1-2H3. The van der Waals surface area contributed by atoms with E-state index in [1.54, 1.807) is 0 Å². The summed E-state index contributed by atoms with van der Waals surface area (Å²) in [5.74, 6) is 1.01. The van der Waals surface area contributed by atoms with Crippen molar-refractivity contribution >= 4 is 0 Å². The Morgan fingerprint density at radius 1 is 1.05 bits per heavy atom. The minimum absolute atomic E-state index is 0.726. The molecule has 1 unspecified atom stereocenters. The van der Waals surface area contributed by atoms with E-state index in [1.165, 1.54) is 77.4 Å². The molecule has 0 amide bonds. The fraction of sp³-hybridized carbons (Fsp3) is 1.00. The van der Waals surface area contributed by atoms with Gasteiger partial charge in [-0.2, -0.15) is 0 Å². The summed E-state index contributed by atoms with van der Waals surface area (Å²) in [6, 6.07) is 1.54. The Labute approximate surface area is 120 Å². The molecule has 2 nitrogen and oxygen atoms in total. The summed E-state index contributed by atoms with van der Waals surface area (Å²) in [7, 11) is 0. The van der Waals surface area contributed by atoms with E-state index in [-0.39, 0.29) is 0 Å². The van der Waals surface area contributed by atoms with E-state index in [0.29, 0.717) is 0 Å². The Balaban J connectivity index is 1.62. The van der Waals surface area contributed by atoms with Crippen molar-refractivity contribution < 1.29 is 0 Å². The second kappa shape index (κ2) is 8.26. The van der Waals surface area contributed by atoms with Crippen molar-refractivity contribution in [3.63, 3.8) is 0 Å². The largest absolute Gasteiger partial charge is 0.312 e. The van der Waals surface area contributed by atoms with Crippen LogP contribution in [-0.2, 0) is 0 Å². The molecular weight excluding hydrogens is 232 g/mol. The van der Waals surface area contributed by atoms with Crippen LogP contribution in [0.4, 0.5) is 0 Å². The smallest absolute Gasteiger partial charge is 0.0192 e. The topological polar surface area (TPSA) is 15.3 Å². The van der Waals surface area contributed by atoms with Gasteiger partial charge in [-0.15, -0.1) is 0 Å². The molecule has 1 atom stereocenters. The predicted molar refractivity (Wildman–Crippen MR) is 83.5 cm³/mol. The molecule has 2 rings (SSSR count). The maximum absolute atomic E-state index is 3.81. The zero-order valence-electron chi connectivity index (χ0n) is 13.2. The van der Waals surface area contributed by atoms with Gasteiger partial charge < -0.3 is 5.32 Å². The summed E-state index contributed by atoms with van der Waals surface area (Å²) >= 11 is 0. The van der Waals surface area contributed by atoms with Crippen LogP contribution >= 0.6 is 0 Å². The third-order valence-corrected chi connectivity index (χ3v) is 5.28. The average molecular weight is 266 g/mol. The monoisotopic (exact) mass is 266 g/mol. The van der Waals surface area contributed by atoms with Crippen molar-refractivity contribution in [3.8, 4) is 0 Å². The van der Waals surface area contributed by atoms with Crippen molar-refractivity contribution in [2.45, 2.75) is 83.7 Å². The van der Waals surface area contributed by atoms with E-state index < -0.39 is 0 Å². The lowest BCUT2D eigenvalue weighted by Crippen LogP contribution is -2.46. The van der Waals surface area contributed by atoms with Crippen LogP contribution in [0.2, 0.25) is 0 Å². The second-order valence-corrected chi connectivity index (χ2v) is 6.86. The van der Waals surface area contributed by atoms with Gasteiger partial charge in [-0.05, 0) is 51.6 Å². The number of piperidine rings is 1. The third kappa shape index (κ3) is 5.07. The lowest BCUT2D eigenvalue weighted by molar-refractivity contribution is 0.132. The number of nitrogens with one attached hydrogen (secondary N) is 1. The molecule has 1 aliphatic carbocycles. The molecule has 1 aliphatic heterocycles. The first-order valence-corrected chi connectivity index (χ1v) is 8.77. The van der Waals surface area contributed by atoms with E-state index in [9.17, 15) is 0 Å². The van der Waals surface area contributed by atoms with Gasteiger partial charge in [0, 0.05) is 18.6 Å². The lowest BCUT2D eigenvalue weighted by Gasteiger charge is -2.37. The van der Waals surface area contributed by atoms with Crippen LogP contribution in [0.5, 0.6) is 0 Å². The highest BCUT2D eigenvalue weighted by Gasteiger charge is 2.22. The van der Waals surface area contributed by atoms with E-state index in [2.05, 4.69) is 24.1 Å². The van der Waals surface area contributed by atoms with Crippen LogP contribution < -0.4 is 5.32 Å². The van der Waals surface area contributed by atoms with E-state index >= 15 is 0 Å². The average Bonchev–Trinajstić information content (AvgIpc) is 2.47. The number of nitrogens with zero attached hydrogens (tertiary/aromatic N) is 1. The van der Waals surface area contributed by atoms with Gasteiger partial charge in [0.2, 0.25) is 0 Å². The predicted octanol–water partition coefficient (Wildman–Crippen LogP) is 3.81. The maximum Gasteiger partial charge on any atom is 0.0192 e. The first-order chi connectivity index (χ1) is 9.29. The Hall–Kier alpha value is -0.0800. The summed E-state index contributed by atoms with van der Waals surface area (Å²) in [6.45, 7) is 8.60. The minimum Gasteiger partial charge on any atom is -0.312 e. The first kappa shape index (κ1) is 15.3. The van der Waals surface area contributed by atoms with Gasteiger partial charge in [-0.1, -0.05) is 39.0 Å². The number of hydrogen-bond acceptors (Lipinski definition) is 2. The quantitative estimate of drug-likeness (QED) is 0.786. The lowest BCUT2D eigenvalue weighted by atomic mass is 9.91. The Morgan fingerprint density at radius 3 is 2.37 bits per heavy atom. The van der Waals surface area contributed by atoms with Crippen LogP contribution in [0, 0.1) is 5.92 Å². The van der Waals surface area contributed by atoms with Crippen LogP contribution in [0.1, 0.15) is 71.6 Å². The molecule has 2 heteroatoms. The molecule has 0 aromatic carbocycles. The molecule has 2 aliphatic rings. The Kier molecular flexibility index (Phi) is 6.66. The summed E-state index contributed by atoms with van der Waals surface area (Å²) in [4.78, 5) is 2.71. The highest BCUT2D eigenvalue weighted by atomic mass is 15.2. The molecule has 112 valence electrons. The third-order valence-electron chi connectivity index (χ3n) is 5.28. The highest BCUT2D eigenvalue weighted by Crippen LogP contribution is 2.23. The maximum atomic E-state index is 3.81. The first-order valence-electron chi connectivity index (χ1n) is 8.77. The molecule has 1 heterocycles. The summed E-state index contributed by atoms with van der Waals surface area (Å²) in [5.41, 5.74) is 0. The fourth-order valence-electron chi connectivity index (χ4n) is 3.86. The minimum atomic E-state index is 0.726. The Bertz CT molecular complexity index is 227. The van der Waals surface area contributed by atoms with Crippen molar-refractivity contribution in [1.82, 2.24) is 10.2 Å². The molecule has 1 saturated heterocycles. The van der Waals surface area contributed by atoms with Gasteiger partial charge in [0.05, 0.1) is 0 Å². The van der Waals surface area contributed by atoms with E-state index in [1.807, 2.05) is 0 Å². The van der Waals surface area contributed by atoms with Crippen LogP contribution in [0.3, 0.4) is 0 Å². The van der Waals surface area contributed by atoms with Gasteiger partial charge >= 0.3 is 0 Å². The van der Waals surface area contributed by atoms with Crippen molar-refractivity contribution in [2.75, 3.05) is 19.6 Å². The van der Waals surface area contributed by atoms with Gasteiger partial charge in [-0.3, -0.25) is 4.90 Å². The summed E-state index contributed by atoms with van der Waals surface area (Å²) in [6.07, 6.45) is 12.8. The molecular formula is C17H34N2. The molecule has 0 aromatic rings. The van der Waals surface area contributed by atoms with Crippen molar-refractivity contribution in [1.29, 1.82) is 0 Å². The normalized spacial score (nSPS) is 25.6. The zero-order valence-corrected chi connectivity index (χ0v) is 13.2. The van der Waals surface area contributed by atoms with Crippen molar-refractivity contribution in [3.05, 3.63) is 0 Å². The highest BCUT2D eigenvalue weighted by molar-refractivity contribution is 4.79. The Morgan fingerprint density at radius 2 is 1.74 bits per heavy atom. The van der Waals surface area contributed by atoms with E-state index in [4.69, 9.17) is 0 Å². The second-order valence-electron chi connectivity index (χ2n) is 6.86. The number of rotatable bonds is 6. The molecule has 0 radical (unpaired) electrons.